The Labute approximate surface area is 204 Å². The molecule has 0 bridgehead atoms. The van der Waals surface area contributed by atoms with Gasteiger partial charge in [-0.15, -0.1) is 11.8 Å². The molecule has 178 valence electrons. The molecule has 5 rings (SSSR count). The maximum absolute atomic E-state index is 14.1. The second kappa shape index (κ2) is 9.82. The third kappa shape index (κ3) is 4.85. The van der Waals surface area contributed by atoms with Crippen LogP contribution in [0.4, 0.5) is 10.1 Å². The van der Waals surface area contributed by atoms with Crippen molar-refractivity contribution in [2.75, 3.05) is 31.1 Å². The van der Waals surface area contributed by atoms with Gasteiger partial charge in [0.05, 0.1) is 10.6 Å². The Morgan fingerprint density at radius 3 is 2.53 bits per heavy atom. The van der Waals surface area contributed by atoms with Crippen LogP contribution >= 0.6 is 11.8 Å². The minimum Gasteiger partial charge on any atom is -0.366 e. The number of amides is 2. The third-order valence-electron chi connectivity index (χ3n) is 7.11. The zero-order chi connectivity index (χ0) is 23.7. The Morgan fingerprint density at radius 2 is 1.79 bits per heavy atom. The van der Waals surface area contributed by atoms with Gasteiger partial charge < -0.3 is 15.1 Å². The van der Waals surface area contributed by atoms with Gasteiger partial charge in [-0.25, -0.2) is 4.39 Å². The normalized spacial score (nSPS) is 26.2. The van der Waals surface area contributed by atoms with Gasteiger partial charge in [-0.1, -0.05) is 42.0 Å². The number of hydrogen-bond donors (Lipinski definition) is 1. The second-order valence-corrected chi connectivity index (χ2v) is 10.7. The van der Waals surface area contributed by atoms with E-state index in [1.54, 1.807) is 23.9 Å². The highest BCUT2D eigenvalue weighted by molar-refractivity contribution is 8.04. The van der Waals surface area contributed by atoms with Crippen LogP contribution in [-0.2, 0) is 9.59 Å². The van der Waals surface area contributed by atoms with Crippen LogP contribution in [0.3, 0.4) is 0 Å². The SMILES string of the molecule is Cc1ccc(/C=C2/SC3CCC(C(=O)N4CCN(c5ccccc5F)CC4)CC3NC2=O)cc1. The molecular weight excluding hydrogens is 449 g/mol. The van der Waals surface area contributed by atoms with Gasteiger partial charge in [0.25, 0.3) is 5.91 Å². The lowest BCUT2D eigenvalue weighted by molar-refractivity contribution is -0.137. The summed E-state index contributed by atoms with van der Waals surface area (Å²) in [6.45, 7) is 4.51. The monoisotopic (exact) mass is 479 g/mol. The maximum atomic E-state index is 14.1. The van der Waals surface area contributed by atoms with E-state index in [2.05, 4.69) is 5.32 Å². The lowest BCUT2D eigenvalue weighted by Crippen LogP contribution is -2.54. The zero-order valence-corrected chi connectivity index (χ0v) is 20.2. The summed E-state index contributed by atoms with van der Waals surface area (Å²) in [6, 6.07) is 15.0. The molecule has 2 aromatic carbocycles. The minimum absolute atomic E-state index is 0.0232. The number of aryl methyl sites for hydroxylation is 1. The number of carbonyl (C=O) groups is 2. The van der Waals surface area contributed by atoms with E-state index < -0.39 is 0 Å². The smallest absolute Gasteiger partial charge is 0.257 e. The van der Waals surface area contributed by atoms with E-state index in [-0.39, 0.29) is 29.6 Å². The molecule has 2 saturated heterocycles. The number of anilines is 1. The highest BCUT2D eigenvalue weighted by atomic mass is 32.2. The highest BCUT2D eigenvalue weighted by Gasteiger charge is 2.41. The maximum Gasteiger partial charge on any atom is 0.257 e. The summed E-state index contributed by atoms with van der Waals surface area (Å²) >= 11 is 1.65. The van der Waals surface area contributed by atoms with Crippen molar-refractivity contribution in [1.82, 2.24) is 10.2 Å². The summed E-state index contributed by atoms with van der Waals surface area (Å²) < 4.78 is 14.1. The molecule has 5 nitrogen and oxygen atoms in total. The van der Waals surface area contributed by atoms with Crippen molar-refractivity contribution in [3.63, 3.8) is 0 Å². The van der Waals surface area contributed by atoms with Crippen molar-refractivity contribution in [2.45, 2.75) is 37.5 Å². The number of benzene rings is 2. The molecule has 7 heteroatoms. The summed E-state index contributed by atoms with van der Waals surface area (Å²) in [5.74, 6) is -0.156. The molecule has 2 aromatic rings. The summed E-state index contributed by atoms with van der Waals surface area (Å²) in [4.78, 5) is 30.7. The predicted molar refractivity (Wildman–Crippen MR) is 135 cm³/mol. The molecule has 3 fully saturated rings. The van der Waals surface area contributed by atoms with Crippen LogP contribution in [0.25, 0.3) is 6.08 Å². The number of thioether (sulfide) groups is 1. The quantitative estimate of drug-likeness (QED) is 0.670. The van der Waals surface area contributed by atoms with E-state index in [1.807, 2.05) is 53.1 Å². The fourth-order valence-corrected chi connectivity index (χ4v) is 6.46. The predicted octanol–water partition coefficient (Wildman–Crippen LogP) is 4.22. The van der Waals surface area contributed by atoms with E-state index in [0.717, 1.165) is 23.3 Å². The lowest BCUT2D eigenvalue weighted by Gasteiger charge is -2.42. The molecule has 0 spiro atoms. The molecule has 3 atom stereocenters. The number of nitrogens with one attached hydrogen (secondary N) is 1. The van der Waals surface area contributed by atoms with E-state index in [0.29, 0.717) is 43.5 Å². The number of carbonyl (C=O) groups excluding carboxylic acids is 2. The molecule has 1 N–H and O–H groups in total. The summed E-state index contributed by atoms with van der Waals surface area (Å²) in [6.07, 6.45) is 4.40. The first kappa shape index (κ1) is 23.0. The average Bonchev–Trinajstić information content (AvgIpc) is 2.85. The number of nitrogens with zero attached hydrogens (tertiary/aromatic N) is 2. The first-order valence-corrected chi connectivity index (χ1v) is 12.9. The number of rotatable bonds is 3. The first-order chi connectivity index (χ1) is 16.5. The average molecular weight is 480 g/mol. The second-order valence-electron chi connectivity index (χ2n) is 9.43. The largest absolute Gasteiger partial charge is 0.366 e. The van der Waals surface area contributed by atoms with Gasteiger partial charge in [0.1, 0.15) is 5.82 Å². The van der Waals surface area contributed by atoms with Crippen molar-refractivity contribution < 1.29 is 14.0 Å². The van der Waals surface area contributed by atoms with Crippen molar-refractivity contribution in [2.24, 2.45) is 5.92 Å². The number of hydrogen-bond acceptors (Lipinski definition) is 4. The van der Waals surface area contributed by atoms with Crippen molar-refractivity contribution in [3.05, 3.63) is 70.4 Å². The van der Waals surface area contributed by atoms with Crippen molar-refractivity contribution >= 4 is 35.3 Å². The number of piperazine rings is 1. The van der Waals surface area contributed by atoms with Crippen molar-refractivity contribution in [1.29, 1.82) is 0 Å². The Morgan fingerprint density at radius 1 is 1.06 bits per heavy atom. The van der Waals surface area contributed by atoms with Crippen LogP contribution in [0, 0.1) is 18.7 Å². The third-order valence-corrected chi connectivity index (χ3v) is 8.54. The Balaban J connectivity index is 1.17. The summed E-state index contributed by atoms with van der Waals surface area (Å²) in [5.41, 5.74) is 2.83. The Hall–Kier alpha value is -2.80. The molecule has 3 unspecified atom stereocenters. The molecule has 34 heavy (non-hydrogen) atoms. The first-order valence-electron chi connectivity index (χ1n) is 12.0. The number of para-hydroxylation sites is 1. The molecule has 0 radical (unpaired) electrons. The lowest BCUT2D eigenvalue weighted by atomic mass is 9.84. The number of halogens is 1. The topological polar surface area (TPSA) is 52.7 Å². The Bertz CT molecular complexity index is 1100. The molecule has 2 aliphatic heterocycles. The highest BCUT2D eigenvalue weighted by Crippen LogP contribution is 2.40. The van der Waals surface area contributed by atoms with Gasteiger partial charge in [0, 0.05) is 43.4 Å². The van der Waals surface area contributed by atoms with E-state index in [9.17, 15) is 14.0 Å². The van der Waals surface area contributed by atoms with Crippen LogP contribution in [0.2, 0.25) is 0 Å². The molecule has 1 saturated carbocycles. The van der Waals surface area contributed by atoms with Gasteiger partial charge >= 0.3 is 0 Å². The molecular formula is C27H30FN3O2S. The fraction of sp³-hybridized carbons (Fsp3) is 0.407. The Kier molecular flexibility index (Phi) is 6.63. The van der Waals surface area contributed by atoms with Gasteiger partial charge in [0.2, 0.25) is 5.91 Å². The molecule has 2 heterocycles. The van der Waals surface area contributed by atoms with Crippen molar-refractivity contribution in [3.8, 4) is 0 Å². The summed E-state index contributed by atoms with van der Waals surface area (Å²) in [7, 11) is 0. The minimum atomic E-state index is -0.220. The fourth-order valence-electron chi connectivity index (χ4n) is 5.16. The molecule has 0 aromatic heterocycles. The molecule has 2 amide bonds. The zero-order valence-electron chi connectivity index (χ0n) is 19.4. The van der Waals surface area contributed by atoms with E-state index in [1.165, 1.54) is 11.6 Å². The molecule has 3 aliphatic rings. The standard InChI is InChI=1S/C27H30FN3O2S/c1-18-6-8-19(9-7-18)16-25-26(32)29-22-17-20(10-11-24(22)34-25)27(33)31-14-12-30(13-15-31)23-5-3-2-4-21(23)28/h2-9,16,20,22,24H,10-15,17H2,1H3,(H,29,32)/b25-16+. The van der Waals surface area contributed by atoms with E-state index >= 15 is 0 Å². The number of fused-ring (bicyclic) bond motifs is 1. The van der Waals surface area contributed by atoms with Gasteiger partial charge in [-0.05, 0) is 50.0 Å². The van der Waals surface area contributed by atoms with Crippen LogP contribution in [0.5, 0.6) is 0 Å². The van der Waals surface area contributed by atoms with Gasteiger partial charge in [-0.3, -0.25) is 9.59 Å². The molecule has 1 aliphatic carbocycles. The van der Waals surface area contributed by atoms with Crippen LogP contribution in [0.1, 0.15) is 30.4 Å². The van der Waals surface area contributed by atoms with Crippen LogP contribution in [0.15, 0.2) is 53.4 Å². The van der Waals surface area contributed by atoms with Crippen LogP contribution < -0.4 is 10.2 Å². The van der Waals surface area contributed by atoms with Crippen LogP contribution in [-0.4, -0.2) is 54.2 Å². The van der Waals surface area contributed by atoms with Gasteiger partial charge in [-0.2, -0.15) is 0 Å². The van der Waals surface area contributed by atoms with E-state index in [4.69, 9.17) is 0 Å². The summed E-state index contributed by atoms with van der Waals surface area (Å²) in [5, 5.41) is 3.48. The van der Waals surface area contributed by atoms with Gasteiger partial charge in [0.15, 0.2) is 0 Å².